The van der Waals surface area contributed by atoms with E-state index >= 15 is 0 Å². The number of carboxylic acid groups (broad SMARTS) is 2. The van der Waals surface area contributed by atoms with Gasteiger partial charge in [-0.25, -0.2) is 4.79 Å². The Kier molecular flexibility index (Phi) is 8.38. The van der Waals surface area contributed by atoms with Gasteiger partial charge in [-0.15, -0.1) is 0 Å². The van der Waals surface area contributed by atoms with Crippen LogP contribution in [0.4, 0.5) is 13.2 Å². The quantitative estimate of drug-likeness (QED) is 0.363. The molecule has 5 N–H and O–H groups in total. The van der Waals surface area contributed by atoms with Crippen LogP contribution in [-0.4, -0.2) is 69.4 Å². The molecule has 2 aliphatic heterocycles. The van der Waals surface area contributed by atoms with E-state index in [0.717, 1.165) is 24.1 Å². The predicted molar refractivity (Wildman–Crippen MR) is 109 cm³/mol. The average Bonchev–Trinajstić information content (AvgIpc) is 3.37. The lowest BCUT2D eigenvalue weighted by molar-refractivity contribution is -0.192. The molecule has 180 valence electrons. The smallest absolute Gasteiger partial charge is 0.481 e. The molecule has 0 aromatic heterocycles. The average molecular weight is 472 g/mol. The molecule has 3 rings (SSSR count). The maximum atomic E-state index is 12.5. The van der Waals surface area contributed by atoms with Gasteiger partial charge >= 0.3 is 18.1 Å². The zero-order chi connectivity index (χ0) is 24.8. The van der Waals surface area contributed by atoms with E-state index in [0.29, 0.717) is 18.5 Å². The van der Waals surface area contributed by atoms with Gasteiger partial charge in [0, 0.05) is 24.6 Å². The molecular weight excluding hydrogens is 449 g/mol. The van der Waals surface area contributed by atoms with Crippen molar-refractivity contribution >= 4 is 29.4 Å². The number of alkyl halides is 3. The van der Waals surface area contributed by atoms with Crippen LogP contribution in [0.1, 0.15) is 43.2 Å². The van der Waals surface area contributed by atoms with Gasteiger partial charge in [0.05, 0.1) is 18.6 Å². The van der Waals surface area contributed by atoms with Crippen molar-refractivity contribution in [1.82, 2.24) is 4.90 Å². The number of aliphatic carboxylic acids is 2. The first-order valence-electron chi connectivity index (χ1n) is 9.87. The maximum absolute atomic E-state index is 12.5. The predicted octanol–water partition coefficient (Wildman–Crippen LogP) is 1.95. The number of halogens is 3. The number of amides is 1. The standard InChI is InChI=1S/C18H22N4O4.C2HF3O2/c19-18(20)12-5-3-11(4-6-12)15-9-14(26-21-15)10-16(23)22-7-1-2-13(22)8-17(24)25;3-2(4,5)1(6)7/h3-6,13-14H,1-2,7-10H2,(H3,19,20)(H,24,25);(H,6,7). The summed E-state index contributed by atoms with van der Waals surface area (Å²) in [7, 11) is 0. The number of carbonyl (C=O) groups is 3. The van der Waals surface area contributed by atoms with Gasteiger partial charge in [-0.3, -0.25) is 15.0 Å². The summed E-state index contributed by atoms with van der Waals surface area (Å²) >= 11 is 0. The minimum Gasteiger partial charge on any atom is -0.481 e. The molecule has 2 unspecified atom stereocenters. The van der Waals surface area contributed by atoms with E-state index in [-0.39, 0.29) is 36.7 Å². The summed E-state index contributed by atoms with van der Waals surface area (Å²) in [5.74, 6) is -3.72. The van der Waals surface area contributed by atoms with Crippen LogP contribution in [-0.2, 0) is 19.2 Å². The lowest BCUT2D eigenvalue weighted by atomic mass is 10.0. The van der Waals surface area contributed by atoms with Crippen LogP contribution in [0.5, 0.6) is 0 Å². The second kappa shape index (κ2) is 10.8. The Morgan fingerprint density at radius 3 is 2.30 bits per heavy atom. The van der Waals surface area contributed by atoms with Crippen LogP contribution in [0.25, 0.3) is 0 Å². The van der Waals surface area contributed by atoms with E-state index in [1.54, 1.807) is 17.0 Å². The fourth-order valence-electron chi connectivity index (χ4n) is 3.44. The fourth-order valence-corrected chi connectivity index (χ4v) is 3.44. The molecule has 0 saturated carbocycles. The zero-order valence-corrected chi connectivity index (χ0v) is 17.3. The summed E-state index contributed by atoms with van der Waals surface area (Å²) < 4.78 is 31.7. The molecule has 13 heteroatoms. The van der Waals surface area contributed by atoms with Gasteiger partial charge in [0.2, 0.25) is 5.91 Å². The maximum Gasteiger partial charge on any atom is 0.490 e. The number of likely N-dealkylation sites (tertiary alicyclic amines) is 1. The zero-order valence-electron chi connectivity index (χ0n) is 17.3. The highest BCUT2D eigenvalue weighted by Crippen LogP contribution is 2.25. The third-order valence-corrected chi connectivity index (χ3v) is 5.01. The molecule has 10 nitrogen and oxygen atoms in total. The first kappa shape index (κ1) is 25.6. The Labute approximate surface area is 186 Å². The highest BCUT2D eigenvalue weighted by atomic mass is 19.4. The fraction of sp³-hybridized carbons (Fsp3) is 0.450. The van der Waals surface area contributed by atoms with Crippen LogP contribution < -0.4 is 5.73 Å². The first-order chi connectivity index (χ1) is 15.4. The molecule has 1 aromatic carbocycles. The highest BCUT2D eigenvalue weighted by molar-refractivity contribution is 6.02. The van der Waals surface area contributed by atoms with Crippen molar-refractivity contribution in [3.63, 3.8) is 0 Å². The Morgan fingerprint density at radius 2 is 1.79 bits per heavy atom. The largest absolute Gasteiger partial charge is 0.490 e. The number of carboxylic acids is 2. The van der Waals surface area contributed by atoms with Crippen molar-refractivity contribution in [3.8, 4) is 0 Å². The highest BCUT2D eigenvalue weighted by Gasteiger charge is 2.38. The van der Waals surface area contributed by atoms with Crippen molar-refractivity contribution in [2.45, 2.75) is 50.4 Å². The third-order valence-electron chi connectivity index (χ3n) is 5.01. The number of nitrogens with one attached hydrogen (secondary N) is 1. The van der Waals surface area contributed by atoms with E-state index in [1.165, 1.54) is 0 Å². The van der Waals surface area contributed by atoms with Crippen molar-refractivity contribution in [3.05, 3.63) is 35.4 Å². The SMILES string of the molecule is N=C(N)c1ccc(C2=NOC(CC(=O)N3CCCC3CC(=O)O)C2)cc1.O=C(O)C(F)(F)F. The van der Waals surface area contributed by atoms with Crippen LogP contribution >= 0.6 is 0 Å². The minimum atomic E-state index is -5.08. The van der Waals surface area contributed by atoms with Crippen LogP contribution in [0, 0.1) is 5.41 Å². The first-order valence-corrected chi connectivity index (χ1v) is 9.87. The van der Waals surface area contributed by atoms with Gasteiger partial charge < -0.3 is 25.7 Å². The van der Waals surface area contributed by atoms with Gasteiger partial charge in [-0.2, -0.15) is 13.2 Å². The van der Waals surface area contributed by atoms with E-state index in [4.69, 9.17) is 31.0 Å². The van der Waals surface area contributed by atoms with E-state index in [2.05, 4.69) is 5.16 Å². The number of oxime groups is 1. The molecule has 0 bridgehead atoms. The molecule has 1 fully saturated rings. The number of nitrogens with two attached hydrogens (primary N) is 1. The molecule has 0 spiro atoms. The second-order valence-corrected chi connectivity index (χ2v) is 7.45. The Balaban J connectivity index is 0.000000479. The third kappa shape index (κ3) is 7.47. The second-order valence-electron chi connectivity index (χ2n) is 7.45. The Hall–Kier alpha value is -3.64. The van der Waals surface area contributed by atoms with Crippen LogP contribution in [0.15, 0.2) is 29.4 Å². The Morgan fingerprint density at radius 1 is 1.18 bits per heavy atom. The molecular formula is C20H23F3N4O6. The molecule has 1 amide bonds. The number of amidine groups is 1. The van der Waals surface area contributed by atoms with Crippen molar-refractivity contribution in [2.75, 3.05) is 6.54 Å². The van der Waals surface area contributed by atoms with Crippen molar-refractivity contribution < 1.29 is 42.6 Å². The van der Waals surface area contributed by atoms with Gasteiger partial charge in [0.15, 0.2) is 0 Å². The lowest BCUT2D eigenvalue weighted by Crippen LogP contribution is -2.38. The molecule has 1 saturated heterocycles. The van der Waals surface area contributed by atoms with Crippen LogP contribution in [0.3, 0.4) is 0 Å². The number of nitrogens with zero attached hydrogens (tertiary/aromatic N) is 2. The molecule has 0 radical (unpaired) electrons. The van der Waals surface area contributed by atoms with Gasteiger partial charge in [-0.05, 0) is 18.4 Å². The molecule has 2 atom stereocenters. The van der Waals surface area contributed by atoms with Crippen LogP contribution in [0.2, 0.25) is 0 Å². The summed E-state index contributed by atoms with van der Waals surface area (Å²) in [5, 5.41) is 27.6. The van der Waals surface area contributed by atoms with Gasteiger partial charge in [0.1, 0.15) is 11.9 Å². The summed E-state index contributed by atoms with van der Waals surface area (Å²) in [6.07, 6.45) is -3.16. The molecule has 33 heavy (non-hydrogen) atoms. The summed E-state index contributed by atoms with van der Waals surface area (Å²) in [6.45, 7) is 0.601. The molecule has 2 heterocycles. The van der Waals surface area contributed by atoms with Gasteiger partial charge in [0.25, 0.3) is 0 Å². The Bertz CT molecular complexity index is 933. The van der Waals surface area contributed by atoms with E-state index in [1.807, 2.05) is 12.1 Å². The van der Waals surface area contributed by atoms with Crippen molar-refractivity contribution in [1.29, 1.82) is 5.41 Å². The summed E-state index contributed by atoms with van der Waals surface area (Å²) in [6, 6.07) is 6.93. The number of carbonyl (C=O) groups excluding carboxylic acids is 1. The van der Waals surface area contributed by atoms with E-state index in [9.17, 15) is 22.8 Å². The van der Waals surface area contributed by atoms with Crippen molar-refractivity contribution in [2.24, 2.45) is 10.9 Å². The number of benzene rings is 1. The lowest BCUT2D eigenvalue weighted by Gasteiger charge is -2.24. The number of nitrogen functional groups attached to an aromatic ring is 1. The summed E-state index contributed by atoms with van der Waals surface area (Å²) in [5.41, 5.74) is 7.70. The monoisotopic (exact) mass is 472 g/mol. The number of hydrogen-bond donors (Lipinski definition) is 4. The number of rotatable bonds is 6. The topological polar surface area (TPSA) is 166 Å². The van der Waals surface area contributed by atoms with E-state index < -0.39 is 18.1 Å². The molecule has 1 aromatic rings. The molecule has 0 aliphatic carbocycles. The minimum absolute atomic E-state index is 0.00571. The number of hydrogen-bond acceptors (Lipinski definition) is 6. The molecule has 2 aliphatic rings. The van der Waals surface area contributed by atoms with Gasteiger partial charge in [-0.1, -0.05) is 29.4 Å². The normalized spacial score (nSPS) is 19.7. The summed E-state index contributed by atoms with van der Waals surface area (Å²) in [4.78, 5) is 39.4.